The molecule has 0 spiro atoms. The number of benzene rings is 1. The summed E-state index contributed by atoms with van der Waals surface area (Å²) in [7, 11) is 0. The zero-order valence-electron chi connectivity index (χ0n) is 11.3. The molecule has 4 heteroatoms. The predicted octanol–water partition coefficient (Wildman–Crippen LogP) is 1.67. The maximum Gasteiger partial charge on any atom is 0.127 e. The summed E-state index contributed by atoms with van der Waals surface area (Å²) in [5.74, 6) is 1.11. The fourth-order valence-electron chi connectivity index (χ4n) is 2.57. The smallest absolute Gasteiger partial charge is 0.127 e. The summed E-state index contributed by atoms with van der Waals surface area (Å²) in [5.41, 5.74) is 1.18. The lowest BCUT2D eigenvalue weighted by molar-refractivity contribution is 0.161. The van der Waals surface area contributed by atoms with Crippen LogP contribution in [0, 0.1) is 0 Å². The normalized spacial score (nSPS) is 20.6. The Balaban J connectivity index is 1.81. The van der Waals surface area contributed by atoms with Crippen LogP contribution in [0.1, 0.15) is 12.7 Å². The standard InChI is InChI=1S/C15H20N4/c1-13-11-16-7-9-18(13)12-15-17-8-10-19(15)14-5-3-2-4-6-14/h2-6,8,10,13,16H,7,9,11-12H2,1H3/t13-/m0/s1. The topological polar surface area (TPSA) is 33.1 Å². The Kier molecular flexibility index (Phi) is 3.62. The maximum atomic E-state index is 4.52. The Morgan fingerprint density at radius 2 is 2.16 bits per heavy atom. The van der Waals surface area contributed by atoms with Crippen molar-refractivity contribution in [3.8, 4) is 5.69 Å². The SMILES string of the molecule is C[C@H]1CNCCN1Cc1nccn1-c1ccccc1. The van der Waals surface area contributed by atoms with E-state index in [0.717, 1.165) is 32.0 Å². The number of imidazole rings is 1. The molecule has 1 aromatic carbocycles. The van der Waals surface area contributed by atoms with Crippen LogP contribution in [-0.4, -0.2) is 40.1 Å². The zero-order chi connectivity index (χ0) is 13.1. The summed E-state index contributed by atoms with van der Waals surface area (Å²) >= 11 is 0. The van der Waals surface area contributed by atoms with Gasteiger partial charge in [0.15, 0.2) is 0 Å². The third kappa shape index (κ3) is 2.69. The maximum absolute atomic E-state index is 4.52. The second-order valence-corrected chi connectivity index (χ2v) is 5.07. The highest BCUT2D eigenvalue weighted by Gasteiger charge is 2.19. The highest BCUT2D eigenvalue weighted by atomic mass is 15.2. The second-order valence-electron chi connectivity index (χ2n) is 5.07. The highest BCUT2D eigenvalue weighted by molar-refractivity contribution is 5.32. The molecule has 0 aliphatic carbocycles. The van der Waals surface area contributed by atoms with Gasteiger partial charge in [-0.25, -0.2) is 4.98 Å². The number of hydrogen-bond acceptors (Lipinski definition) is 3. The van der Waals surface area contributed by atoms with Crippen LogP contribution < -0.4 is 5.32 Å². The number of para-hydroxylation sites is 1. The van der Waals surface area contributed by atoms with Gasteiger partial charge < -0.3 is 9.88 Å². The van der Waals surface area contributed by atoms with Crippen LogP contribution in [0.15, 0.2) is 42.7 Å². The number of piperazine rings is 1. The minimum absolute atomic E-state index is 0.565. The van der Waals surface area contributed by atoms with Crippen molar-refractivity contribution < 1.29 is 0 Å². The molecule has 1 atom stereocenters. The molecule has 0 saturated carbocycles. The summed E-state index contributed by atoms with van der Waals surface area (Å²) in [6.07, 6.45) is 3.92. The van der Waals surface area contributed by atoms with Gasteiger partial charge in [0.25, 0.3) is 0 Å². The molecule has 1 aromatic heterocycles. The second kappa shape index (κ2) is 5.55. The van der Waals surface area contributed by atoms with Gasteiger partial charge in [-0.2, -0.15) is 0 Å². The first-order valence-electron chi connectivity index (χ1n) is 6.87. The van der Waals surface area contributed by atoms with E-state index in [1.165, 1.54) is 5.69 Å². The Morgan fingerprint density at radius 3 is 2.95 bits per heavy atom. The van der Waals surface area contributed by atoms with E-state index in [-0.39, 0.29) is 0 Å². The molecular formula is C15H20N4. The molecule has 1 fully saturated rings. The fourth-order valence-corrected chi connectivity index (χ4v) is 2.57. The average Bonchev–Trinajstić information content (AvgIpc) is 2.91. The first kappa shape index (κ1) is 12.4. The van der Waals surface area contributed by atoms with Crippen molar-refractivity contribution in [3.05, 3.63) is 48.5 Å². The molecule has 19 heavy (non-hydrogen) atoms. The van der Waals surface area contributed by atoms with Crippen molar-refractivity contribution >= 4 is 0 Å². The Hall–Kier alpha value is -1.65. The molecule has 0 bridgehead atoms. The van der Waals surface area contributed by atoms with E-state index in [1.807, 2.05) is 18.5 Å². The molecule has 1 saturated heterocycles. The van der Waals surface area contributed by atoms with E-state index in [9.17, 15) is 0 Å². The highest BCUT2D eigenvalue weighted by Crippen LogP contribution is 2.14. The first-order chi connectivity index (χ1) is 9.34. The lowest BCUT2D eigenvalue weighted by atomic mass is 10.2. The molecule has 1 N–H and O–H groups in total. The summed E-state index contributed by atoms with van der Waals surface area (Å²) in [5, 5.41) is 3.42. The summed E-state index contributed by atoms with van der Waals surface area (Å²) in [6, 6.07) is 11.0. The molecular weight excluding hydrogens is 236 g/mol. The van der Waals surface area contributed by atoms with Crippen LogP contribution in [0.4, 0.5) is 0 Å². The van der Waals surface area contributed by atoms with E-state index in [2.05, 4.69) is 51.0 Å². The predicted molar refractivity (Wildman–Crippen MR) is 76.3 cm³/mol. The summed E-state index contributed by atoms with van der Waals surface area (Å²) in [6.45, 7) is 6.39. The molecule has 3 rings (SSSR count). The van der Waals surface area contributed by atoms with Gasteiger partial charge in [0.1, 0.15) is 5.82 Å². The van der Waals surface area contributed by atoms with Gasteiger partial charge in [-0.15, -0.1) is 0 Å². The van der Waals surface area contributed by atoms with Gasteiger partial charge in [-0.05, 0) is 19.1 Å². The molecule has 2 aromatic rings. The van der Waals surface area contributed by atoms with Crippen molar-refractivity contribution in [1.82, 2.24) is 19.8 Å². The lowest BCUT2D eigenvalue weighted by Crippen LogP contribution is -2.49. The average molecular weight is 256 g/mol. The van der Waals surface area contributed by atoms with E-state index < -0.39 is 0 Å². The number of rotatable bonds is 3. The third-order valence-corrected chi connectivity index (χ3v) is 3.74. The minimum Gasteiger partial charge on any atom is -0.314 e. The van der Waals surface area contributed by atoms with Crippen LogP contribution in [-0.2, 0) is 6.54 Å². The van der Waals surface area contributed by atoms with Crippen molar-refractivity contribution in [2.45, 2.75) is 19.5 Å². The monoisotopic (exact) mass is 256 g/mol. The van der Waals surface area contributed by atoms with Crippen LogP contribution in [0.5, 0.6) is 0 Å². The minimum atomic E-state index is 0.565. The van der Waals surface area contributed by atoms with Crippen molar-refractivity contribution in [2.75, 3.05) is 19.6 Å². The quantitative estimate of drug-likeness (QED) is 0.907. The van der Waals surface area contributed by atoms with Crippen LogP contribution in [0.25, 0.3) is 5.69 Å². The lowest BCUT2D eigenvalue weighted by Gasteiger charge is -2.33. The molecule has 0 amide bonds. The van der Waals surface area contributed by atoms with E-state index in [0.29, 0.717) is 6.04 Å². The van der Waals surface area contributed by atoms with Gasteiger partial charge in [0, 0.05) is 43.8 Å². The van der Waals surface area contributed by atoms with Gasteiger partial charge in [0.05, 0.1) is 6.54 Å². The van der Waals surface area contributed by atoms with Crippen molar-refractivity contribution in [3.63, 3.8) is 0 Å². The number of hydrogen-bond donors (Lipinski definition) is 1. The Labute approximate surface area is 114 Å². The van der Waals surface area contributed by atoms with Crippen molar-refractivity contribution in [2.24, 2.45) is 0 Å². The van der Waals surface area contributed by atoms with Gasteiger partial charge in [-0.1, -0.05) is 18.2 Å². The van der Waals surface area contributed by atoms with Crippen molar-refractivity contribution in [1.29, 1.82) is 0 Å². The Morgan fingerprint density at radius 1 is 1.32 bits per heavy atom. The number of nitrogens with zero attached hydrogens (tertiary/aromatic N) is 3. The first-order valence-corrected chi connectivity index (χ1v) is 6.87. The van der Waals surface area contributed by atoms with E-state index >= 15 is 0 Å². The van der Waals surface area contributed by atoms with Gasteiger partial charge in [0.2, 0.25) is 0 Å². The molecule has 4 nitrogen and oxygen atoms in total. The van der Waals surface area contributed by atoms with Crippen LogP contribution >= 0.6 is 0 Å². The molecule has 0 unspecified atom stereocenters. The number of aromatic nitrogens is 2. The molecule has 0 radical (unpaired) electrons. The zero-order valence-corrected chi connectivity index (χ0v) is 11.3. The van der Waals surface area contributed by atoms with E-state index in [4.69, 9.17) is 0 Å². The van der Waals surface area contributed by atoms with Gasteiger partial charge in [-0.3, -0.25) is 4.90 Å². The van der Waals surface area contributed by atoms with Gasteiger partial charge >= 0.3 is 0 Å². The third-order valence-electron chi connectivity index (χ3n) is 3.74. The number of nitrogens with one attached hydrogen (secondary N) is 1. The van der Waals surface area contributed by atoms with E-state index in [1.54, 1.807) is 0 Å². The fraction of sp³-hybridized carbons (Fsp3) is 0.400. The molecule has 100 valence electrons. The van der Waals surface area contributed by atoms with Crippen LogP contribution in [0.3, 0.4) is 0 Å². The molecule has 1 aliphatic rings. The molecule has 1 aliphatic heterocycles. The van der Waals surface area contributed by atoms with Crippen LogP contribution in [0.2, 0.25) is 0 Å². The Bertz CT molecular complexity index is 520. The molecule has 2 heterocycles. The largest absolute Gasteiger partial charge is 0.314 e. The summed E-state index contributed by atoms with van der Waals surface area (Å²) in [4.78, 5) is 7.01. The summed E-state index contributed by atoms with van der Waals surface area (Å²) < 4.78 is 2.18.